The SMILES string of the molecule is CC(C)(C)c1ccc(Cn2c(N=Cc3ccc(Br)cc3)nc3ccccc32)cc1. The number of aliphatic imine (C=N–C) groups is 1. The second kappa shape index (κ2) is 7.96. The highest BCUT2D eigenvalue weighted by Crippen LogP contribution is 2.25. The van der Waals surface area contributed by atoms with E-state index in [0.717, 1.165) is 27.6 Å². The Morgan fingerprint density at radius 2 is 1.62 bits per heavy atom. The van der Waals surface area contributed by atoms with E-state index in [0.29, 0.717) is 5.95 Å². The lowest BCUT2D eigenvalue weighted by Crippen LogP contribution is -2.11. The minimum atomic E-state index is 0.153. The number of benzene rings is 3. The standard InChI is InChI=1S/C25H24BrN3/c1-25(2,3)20-12-8-19(9-13-20)17-29-23-7-5-4-6-22(23)28-24(29)27-16-18-10-14-21(26)15-11-18/h4-16H,17H2,1-3H3. The molecule has 4 aromatic rings. The Balaban J connectivity index is 1.69. The number of imidazole rings is 1. The van der Waals surface area contributed by atoms with Gasteiger partial charge in [0.15, 0.2) is 0 Å². The van der Waals surface area contributed by atoms with Gasteiger partial charge in [-0.25, -0.2) is 9.98 Å². The van der Waals surface area contributed by atoms with Crippen molar-refractivity contribution in [2.75, 3.05) is 0 Å². The predicted molar refractivity (Wildman–Crippen MR) is 125 cm³/mol. The molecule has 4 rings (SSSR count). The van der Waals surface area contributed by atoms with E-state index in [9.17, 15) is 0 Å². The maximum Gasteiger partial charge on any atom is 0.230 e. The maximum atomic E-state index is 4.75. The van der Waals surface area contributed by atoms with Gasteiger partial charge in [-0.2, -0.15) is 0 Å². The van der Waals surface area contributed by atoms with Crippen LogP contribution in [0.3, 0.4) is 0 Å². The molecule has 1 aromatic heterocycles. The third-order valence-electron chi connectivity index (χ3n) is 4.99. The largest absolute Gasteiger partial charge is 0.304 e. The monoisotopic (exact) mass is 445 g/mol. The number of halogens is 1. The normalized spacial score (nSPS) is 12.1. The summed E-state index contributed by atoms with van der Waals surface area (Å²) < 4.78 is 3.23. The van der Waals surface area contributed by atoms with Crippen molar-refractivity contribution in [3.05, 3.63) is 94.0 Å². The van der Waals surface area contributed by atoms with Crippen molar-refractivity contribution in [3.63, 3.8) is 0 Å². The smallest absolute Gasteiger partial charge is 0.230 e. The first-order chi connectivity index (χ1) is 13.9. The molecule has 3 nitrogen and oxygen atoms in total. The molecule has 1 heterocycles. The second-order valence-electron chi connectivity index (χ2n) is 8.24. The highest BCUT2D eigenvalue weighted by molar-refractivity contribution is 9.10. The Labute approximate surface area is 180 Å². The van der Waals surface area contributed by atoms with Crippen LogP contribution in [-0.2, 0) is 12.0 Å². The number of hydrogen-bond acceptors (Lipinski definition) is 2. The van der Waals surface area contributed by atoms with Crippen LogP contribution in [0.1, 0.15) is 37.5 Å². The van der Waals surface area contributed by atoms with E-state index in [1.807, 2.05) is 48.7 Å². The van der Waals surface area contributed by atoms with Gasteiger partial charge in [0.2, 0.25) is 5.95 Å². The molecule has 0 bridgehead atoms. The van der Waals surface area contributed by atoms with Crippen molar-refractivity contribution in [2.24, 2.45) is 4.99 Å². The lowest BCUT2D eigenvalue weighted by Gasteiger charge is -2.19. The molecule has 0 atom stereocenters. The highest BCUT2D eigenvalue weighted by Gasteiger charge is 2.14. The summed E-state index contributed by atoms with van der Waals surface area (Å²) in [6.45, 7) is 7.44. The third-order valence-corrected chi connectivity index (χ3v) is 5.52. The van der Waals surface area contributed by atoms with Crippen LogP contribution in [0.2, 0.25) is 0 Å². The molecular formula is C25H24BrN3. The predicted octanol–water partition coefficient (Wildman–Crippen LogP) is 6.90. The molecular weight excluding hydrogens is 422 g/mol. The average molecular weight is 446 g/mol. The summed E-state index contributed by atoms with van der Waals surface area (Å²) >= 11 is 3.47. The summed E-state index contributed by atoms with van der Waals surface area (Å²) in [5.41, 5.74) is 5.82. The molecule has 0 N–H and O–H groups in total. The summed E-state index contributed by atoms with van der Waals surface area (Å²) in [4.78, 5) is 9.46. The molecule has 0 unspecified atom stereocenters. The van der Waals surface area contributed by atoms with Crippen molar-refractivity contribution < 1.29 is 0 Å². The molecule has 0 amide bonds. The molecule has 0 fully saturated rings. The fourth-order valence-electron chi connectivity index (χ4n) is 3.29. The van der Waals surface area contributed by atoms with Crippen molar-refractivity contribution >= 4 is 39.1 Å². The molecule has 146 valence electrons. The van der Waals surface area contributed by atoms with Crippen molar-refractivity contribution in [3.8, 4) is 0 Å². The summed E-state index contributed by atoms with van der Waals surface area (Å²) in [6, 6.07) is 25.1. The van der Waals surface area contributed by atoms with Gasteiger partial charge in [-0.1, -0.05) is 85.2 Å². The summed E-state index contributed by atoms with van der Waals surface area (Å²) in [5.74, 6) is 0.717. The highest BCUT2D eigenvalue weighted by atomic mass is 79.9. The van der Waals surface area contributed by atoms with Gasteiger partial charge < -0.3 is 4.57 Å². The van der Waals surface area contributed by atoms with E-state index in [1.165, 1.54) is 11.1 Å². The Morgan fingerprint density at radius 1 is 0.931 bits per heavy atom. The van der Waals surface area contributed by atoms with Crippen LogP contribution in [0.15, 0.2) is 82.3 Å². The van der Waals surface area contributed by atoms with Crippen LogP contribution in [-0.4, -0.2) is 15.8 Å². The summed E-state index contributed by atoms with van der Waals surface area (Å²) in [7, 11) is 0. The Hall–Kier alpha value is -2.72. The van der Waals surface area contributed by atoms with E-state index in [1.54, 1.807) is 0 Å². The molecule has 4 heteroatoms. The van der Waals surface area contributed by atoms with Gasteiger partial charge in [0.25, 0.3) is 0 Å². The number of hydrogen-bond donors (Lipinski definition) is 0. The quantitative estimate of drug-likeness (QED) is 0.314. The van der Waals surface area contributed by atoms with Crippen LogP contribution in [0.4, 0.5) is 5.95 Å². The molecule has 0 aliphatic rings. The fourth-order valence-corrected chi connectivity index (χ4v) is 3.56. The summed E-state index contributed by atoms with van der Waals surface area (Å²) in [6.07, 6.45) is 1.87. The number of nitrogens with zero attached hydrogens (tertiary/aromatic N) is 3. The molecule has 3 aromatic carbocycles. The number of para-hydroxylation sites is 2. The van der Waals surface area contributed by atoms with Gasteiger partial charge in [-0.3, -0.25) is 0 Å². The van der Waals surface area contributed by atoms with E-state index in [-0.39, 0.29) is 5.41 Å². The van der Waals surface area contributed by atoms with Gasteiger partial charge in [0.1, 0.15) is 0 Å². The lowest BCUT2D eigenvalue weighted by atomic mass is 9.87. The number of fused-ring (bicyclic) bond motifs is 1. The van der Waals surface area contributed by atoms with Crippen LogP contribution in [0.5, 0.6) is 0 Å². The van der Waals surface area contributed by atoms with E-state index in [2.05, 4.69) is 71.6 Å². The van der Waals surface area contributed by atoms with Gasteiger partial charge in [-0.05, 0) is 46.4 Å². The van der Waals surface area contributed by atoms with Crippen LogP contribution in [0.25, 0.3) is 11.0 Å². The van der Waals surface area contributed by atoms with Gasteiger partial charge >= 0.3 is 0 Å². The number of aromatic nitrogens is 2. The second-order valence-corrected chi connectivity index (χ2v) is 9.16. The fraction of sp³-hybridized carbons (Fsp3) is 0.200. The molecule has 0 aliphatic carbocycles. The Morgan fingerprint density at radius 3 is 2.31 bits per heavy atom. The first-order valence-electron chi connectivity index (χ1n) is 9.74. The first-order valence-corrected chi connectivity index (χ1v) is 10.5. The first kappa shape index (κ1) is 19.6. The van der Waals surface area contributed by atoms with E-state index >= 15 is 0 Å². The van der Waals surface area contributed by atoms with E-state index in [4.69, 9.17) is 9.98 Å². The number of rotatable bonds is 4. The topological polar surface area (TPSA) is 30.2 Å². The zero-order valence-corrected chi connectivity index (χ0v) is 18.5. The van der Waals surface area contributed by atoms with Gasteiger partial charge in [0, 0.05) is 10.7 Å². The van der Waals surface area contributed by atoms with E-state index < -0.39 is 0 Å². The lowest BCUT2D eigenvalue weighted by molar-refractivity contribution is 0.590. The Kier molecular flexibility index (Phi) is 5.37. The molecule has 0 spiro atoms. The minimum absolute atomic E-state index is 0.153. The third kappa shape index (κ3) is 4.48. The molecule has 0 saturated heterocycles. The molecule has 29 heavy (non-hydrogen) atoms. The molecule has 0 aliphatic heterocycles. The molecule has 0 radical (unpaired) electrons. The van der Waals surface area contributed by atoms with Gasteiger partial charge in [-0.15, -0.1) is 0 Å². The minimum Gasteiger partial charge on any atom is -0.304 e. The maximum absolute atomic E-state index is 4.75. The van der Waals surface area contributed by atoms with Crippen LogP contribution >= 0.6 is 15.9 Å². The van der Waals surface area contributed by atoms with Crippen LogP contribution < -0.4 is 0 Å². The Bertz CT molecular complexity index is 1150. The van der Waals surface area contributed by atoms with Crippen molar-refractivity contribution in [1.29, 1.82) is 0 Å². The zero-order valence-electron chi connectivity index (χ0n) is 16.9. The summed E-state index contributed by atoms with van der Waals surface area (Å²) in [5, 5.41) is 0. The zero-order chi connectivity index (χ0) is 20.4. The molecule has 0 saturated carbocycles. The van der Waals surface area contributed by atoms with Crippen molar-refractivity contribution in [2.45, 2.75) is 32.7 Å². The van der Waals surface area contributed by atoms with Crippen molar-refractivity contribution in [1.82, 2.24) is 9.55 Å². The average Bonchev–Trinajstić information content (AvgIpc) is 3.05. The van der Waals surface area contributed by atoms with Crippen LogP contribution in [0, 0.1) is 0 Å². The van der Waals surface area contributed by atoms with Gasteiger partial charge in [0.05, 0.1) is 17.6 Å².